The topological polar surface area (TPSA) is 46.6 Å². The van der Waals surface area contributed by atoms with Crippen LogP contribution in [0.2, 0.25) is 0 Å². The van der Waals surface area contributed by atoms with Crippen LogP contribution >= 0.6 is 0 Å². The van der Waals surface area contributed by atoms with Crippen molar-refractivity contribution in [1.82, 2.24) is 4.90 Å². The van der Waals surface area contributed by atoms with E-state index in [1.165, 1.54) is 0 Å². The molecule has 20 heavy (non-hydrogen) atoms. The lowest BCUT2D eigenvalue weighted by Gasteiger charge is -2.13. The maximum absolute atomic E-state index is 12.1. The molecule has 1 aliphatic heterocycles. The Morgan fingerprint density at radius 2 is 2.05 bits per heavy atom. The van der Waals surface area contributed by atoms with Gasteiger partial charge in [0.1, 0.15) is 6.61 Å². The highest BCUT2D eigenvalue weighted by atomic mass is 16.6. The van der Waals surface area contributed by atoms with Crippen LogP contribution in [0.3, 0.4) is 0 Å². The molecule has 0 atom stereocenters. The second kappa shape index (κ2) is 6.37. The fourth-order valence-corrected chi connectivity index (χ4v) is 2.02. The lowest BCUT2D eigenvalue weighted by Crippen LogP contribution is -2.30. The van der Waals surface area contributed by atoms with Gasteiger partial charge in [-0.05, 0) is 24.0 Å². The molecule has 0 unspecified atom stereocenters. The SMILES string of the molecule is CC(C)CCC(=O)N1C(=O)OC/C1=C\c1ccccc1. The van der Waals surface area contributed by atoms with E-state index in [9.17, 15) is 9.59 Å². The van der Waals surface area contributed by atoms with Crippen molar-refractivity contribution in [1.29, 1.82) is 0 Å². The summed E-state index contributed by atoms with van der Waals surface area (Å²) >= 11 is 0. The van der Waals surface area contributed by atoms with Gasteiger partial charge in [0.2, 0.25) is 5.91 Å². The summed E-state index contributed by atoms with van der Waals surface area (Å²) in [4.78, 5) is 25.0. The quantitative estimate of drug-likeness (QED) is 0.844. The zero-order valence-electron chi connectivity index (χ0n) is 11.8. The third-order valence-corrected chi connectivity index (χ3v) is 3.13. The van der Waals surface area contributed by atoms with Crippen LogP contribution in [0.15, 0.2) is 36.0 Å². The normalized spacial score (nSPS) is 16.9. The molecular formula is C16H19NO3. The number of nitrogens with zero attached hydrogens (tertiary/aromatic N) is 1. The third kappa shape index (κ3) is 3.47. The van der Waals surface area contributed by atoms with Gasteiger partial charge in [-0.1, -0.05) is 44.2 Å². The lowest BCUT2D eigenvalue weighted by molar-refractivity contribution is -0.126. The van der Waals surface area contributed by atoms with Crippen LogP contribution in [0.4, 0.5) is 4.79 Å². The van der Waals surface area contributed by atoms with Gasteiger partial charge in [-0.2, -0.15) is 0 Å². The van der Waals surface area contributed by atoms with Gasteiger partial charge in [0.15, 0.2) is 0 Å². The minimum absolute atomic E-state index is 0.154. The number of rotatable bonds is 4. The van der Waals surface area contributed by atoms with E-state index in [2.05, 4.69) is 13.8 Å². The van der Waals surface area contributed by atoms with E-state index in [1.807, 2.05) is 36.4 Å². The van der Waals surface area contributed by atoms with Gasteiger partial charge in [0.25, 0.3) is 0 Å². The molecular weight excluding hydrogens is 254 g/mol. The maximum Gasteiger partial charge on any atom is 0.421 e. The highest BCUT2D eigenvalue weighted by Gasteiger charge is 2.32. The molecule has 0 aliphatic carbocycles. The molecule has 0 saturated carbocycles. The molecule has 1 fully saturated rings. The number of hydrogen-bond acceptors (Lipinski definition) is 3. The van der Waals surface area contributed by atoms with Crippen LogP contribution in [-0.2, 0) is 9.53 Å². The van der Waals surface area contributed by atoms with Crippen molar-refractivity contribution in [3.8, 4) is 0 Å². The fourth-order valence-electron chi connectivity index (χ4n) is 2.02. The molecule has 1 aromatic carbocycles. The average Bonchev–Trinajstić information content (AvgIpc) is 2.78. The minimum Gasteiger partial charge on any atom is -0.442 e. The van der Waals surface area contributed by atoms with Crippen molar-refractivity contribution in [3.05, 3.63) is 41.6 Å². The Morgan fingerprint density at radius 1 is 1.35 bits per heavy atom. The molecule has 0 radical (unpaired) electrons. The number of amides is 2. The predicted molar refractivity (Wildman–Crippen MR) is 76.7 cm³/mol. The molecule has 2 rings (SSSR count). The summed E-state index contributed by atoms with van der Waals surface area (Å²) in [7, 11) is 0. The Labute approximate surface area is 119 Å². The molecule has 2 amide bonds. The number of imide groups is 1. The second-order valence-electron chi connectivity index (χ2n) is 5.26. The van der Waals surface area contributed by atoms with Crippen LogP contribution in [0.1, 0.15) is 32.3 Å². The van der Waals surface area contributed by atoms with Crippen molar-refractivity contribution >= 4 is 18.1 Å². The predicted octanol–water partition coefficient (Wildman–Crippen LogP) is 3.44. The number of benzene rings is 1. The average molecular weight is 273 g/mol. The van der Waals surface area contributed by atoms with Gasteiger partial charge in [-0.3, -0.25) is 4.79 Å². The molecule has 4 heteroatoms. The molecule has 0 N–H and O–H groups in total. The van der Waals surface area contributed by atoms with E-state index in [4.69, 9.17) is 4.74 Å². The Hall–Kier alpha value is -2.10. The first-order valence-electron chi connectivity index (χ1n) is 6.83. The monoisotopic (exact) mass is 273 g/mol. The van der Waals surface area contributed by atoms with Gasteiger partial charge in [-0.15, -0.1) is 0 Å². The van der Waals surface area contributed by atoms with Gasteiger partial charge < -0.3 is 4.74 Å². The van der Waals surface area contributed by atoms with Crippen molar-refractivity contribution in [2.45, 2.75) is 26.7 Å². The minimum atomic E-state index is -0.569. The number of ether oxygens (including phenoxy) is 1. The van der Waals surface area contributed by atoms with Gasteiger partial charge >= 0.3 is 6.09 Å². The Morgan fingerprint density at radius 3 is 2.70 bits per heavy atom. The van der Waals surface area contributed by atoms with Crippen molar-refractivity contribution < 1.29 is 14.3 Å². The smallest absolute Gasteiger partial charge is 0.421 e. The number of carbonyl (C=O) groups excluding carboxylic acids is 2. The second-order valence-corrected chi connectivity index (χ2v) is 5.26. The molecule has 4 nitrogen and oxygen atoms in total. The molecule has 0 bridgehead atoms. The molecule has 1 aromatic rings. The van der Waals surface area contributed by atoms with Gasteiger partial charge in [0.05, 0.1) is 5.70 Å². The van der Waals surface area contributed by atoms with E-state index >= 15 is 0 Å². The van der Waals surface area contributed by atoms with E-state index in [0.29, 0.717) is 18.0 Å². The Kier molecular flexibility index (Phi) is 4.56. The largest absolute Gasteiger partial charge is 0.442 e. The third-order valence-electron chi connectivity index (χ3n) is 3.13. The van der Waals surface area contributed by atoms with E-state index < -0.39 is 6.09 Å². The van der Waals surface area contributed by atoms with E-state index in [0.717, 1.165) is 16.9 Å². The van der Waals surface area contributed by atoms with Crippen molar-refractivity contribution in [3.63, 3.8) is 0 Å². The summed E-state index contributed by atoms with van der Waals surface area (Å²) in [5.74, 6) is 0.238. The molecule has 1 saturated heterocycles. The van der Waals surface area contributed by atoms with Crippen LogP contribution in [0.5, 0.6) is 0 Å². The van der Waals surface area contributed by atoms with Crippen molar-refractivity contribution in [2.75, 3.05) is 6.61 Å². The van der Waals surface area contributed by atoms with Crippen molar-refractivity contribution in [2.24, 2.45) is 5.92 Å². The van der Waals surface area contributed by atoms with E-state index in [1.54, 1.807) is 0 Å². The Bertz CT molecular complexity index is 520. The summed E-state index contributed by atoms with van der Waals surface area (Å²) in [6, 6.07) is 9.59. The summed E-state index contributed by atoms with van der Waals surface area (Å²) in [6.07, 6.45) is 2.37. The molecule has 0 aromatic heterocycles. The summed E-state index contributed by atoms with van der Waals surface area (Å²) < 4.78 is 4.98. The maximum atomic E-state index is 12.1. The first-order chi connectivity index (χ1) is 9.58. The van der Waals surface area contributed by atoms with Gasteiger partial charge in [-0.25, -0.2) is 9.69 Å². The standard InChI is InChI=1S/C16H19NO3/c1-12(2)8-9-15(18)17-14(11-20-16(17)19)10-13-6-4-3-5-7-13/h3-7,10,12H,8-9,11H2,1-2H3/b14-10+. The van der Waals surface area contributed by atoms with Gasteiger partial charge in [0, 0.05) is 6.42 Å². The van der Waals surface area contributed by atoms with E-state index in [-0.39, 0.29) is 12.5 Å². The zero-order valence-corrected chi connectivity index (χ0v) is 11.8. The molecule has 1 aliphatic rings. The number of carbonyl (C=O) groups is 2. The molecule has 106 valence electrons. The molecule has 0 spiro atoms. The Balaban J connectivity index is 2.14. The first-order valence-corrected chi connectivity index (χ1v) is 6.83. The lowest BCUT2D eigenvalue weighted by atomic mass is 10.1. The number of cyclic esters (lactones) is 1. The highest BCUT2D eigenvalue weighted by molar-refractivity contribution is 5.96. The van der Waals surface area contributed by atoms with Crippen LogP contribution < -0.4 is 0 Å². The first kappa shape index (κ1) is 14.3. The number of hydrogen-bond donors (Lipinski definition) is 0. The van der Waals surface area contributed by atoms with Crippen LogP contribution in [0, 0.1) is 5.92 Å². The highest BCUT2D eigenvalue weighted by Crippen LogP contribution is 2.21. The van der Waals surface area contributed by atoms with Crippen LogP contribution in [-0.4, -0.2) is 23.5 Å². The summed E-state index contributed by atoms with van der Waals surface area (Å²) in [6.45, 7) is 4.26. The zero-order chi connectivity index (χ0) is 14.5. The van der Waals surface area contributed by atoms with Crippen LogP contribution in [0.25, 0.3) is 6.08 Å². The fraction of sp³-hybridized carbons (Fsp3) is 0.375. The summed E-state index contributed by atoms with van der Waals surface area (Å²) in [5.41, 5.74) is 1.55. The summed E-state index contributed by atoms with van der Waals surface area (Å²) in [5, 5.41) is 0. The molecule has 1 heterocycles.